The zero-order valence-electron chi connectivity index (χ0n) is 9.35. The molecule has 2 aromatic rings. The highest BCUT2D eigenvalue weighted by Gasteiger charge is 2.11. The maximum Gasteiger partial charge on any atom is 0.224 e. The quantitative estimate of drug-likeness (QED) is 0.909. The smallest absolute Gasteiger partial charge is 0.224 e. The molecule has 5 heteroatoms. The summed E-state index contributed by atoms with van der Waals surface area (Å²) in [5, 5.41) is 7.47. The van der Waals surface area contributed by atoms with Gasteiger partial charge in [-0.25, -0.2) is 4.68 Å². The molecule has 1 N–H and O–H groups in total. The van der Waals surface area contributed by atoms with E-state index in [9.17, 15) is 4.79 Å². The molecular formula is C12H12ClN3O. The lowest BCUT2D eigenvalue weighted by atomic mass is 10.2. The lowest BCUT2D eigenvalue weighted by molar-refractivity contribution is -0.115. The Hall–Kier alpha value is -1.81. The van der Waals surface area contributed by atoms with Crippen molar-refractivity contribution in [2.24, 2.45) is 0 Å². The van der Waals surface area contributed by atoms with Crippen LogP contribution in [0.2, 0.25) is 5.02 Å². The number of nitrogens with one attached hydrogen (secondary N) is 1. The molecule has 0 aliphatic rings. The topological polar surface area (TPSA) is 46.9 Å². The number of halogens is 1. The summed E-state index contributed by atoms with van der Waals surface area (Å²) in [7, 11) is 0. The molecule has 1 aromatic heterocycles. The summed E-state index contributed by atoms with van der Waals surface area (Å²) < 4.78 is 1.63. The van der Waals surface area contributed by atoms with Crippen molar-refractivity contribution in [3.8, 4) is 5.69 Å². The molecule has 2 rings (SSSR count). The van der Waals surface area contributed by atoms with Crippen LogP contribution in [0.15, 0.2) is 36.7 Å². The van der Waals surface area contributed by atoms with Gasteiger partial charge in [-0.05, 0) is 18.2 Å². The highest BCUT2D eigenvalue weighted by atomic mass is 35.5. The molecule has 0 aliphatic carbocycles. The number of nitrogens with zero attached hydrogens (tertiary/aromatic N) is 2. The minimum atomic E-state index is -0.0549. The molecule has 4 nitrogen and oxygen atoms in total. The number of anilines is 1. The van der Waals surface area contributed by atoms with Crippen molar-refractivity contribution in [2.75, 3.05) is 5.32 Å². The predicted octanol–water partition coefficient (Wildman–Crippen LogP) is 2.87. The van der Waals surface area contributed by atoms with Crippen molar-refractivity contribution >= 4 is 23.2 Å². The van der Waals surface area contributed by atoms with E-state index >= 15 is 0 Å². The largest absolute Gasteiger partial charge is 0.324 e. The zero-order valence-corrected chi connectivity index (χ0v) is 10.1. The zero-order chi connectivity index (χ0) is 12.3. The first-order chi connectivity index (χ1) is 8.22. The number of rotatable bonds is 3. The van der Waals surface area contributed by atoms with Gasteiger partial charge in [0.15, 0.2) is 0 Å². The van der Waals surface area contributed by atoms with E-state index in [4.69, 9.17) is 11.6 Å². The monoisotopic (exact) mass is 249 g/mol. The van der Waals surface area contributed by atoms with Crippen LogP contribution < -0.4 is 5.32 Å². The maximum absolute atomic E-state index is 11.4. The second-order valence-corrected chi connectivity index (χ2v) is 3.90. The van der Waals surface area contributed by atoms with Crippen molar-refractivity contribution in [1.29, 1.82) is 0 Å². The number of para-hydroxylation sites is 1. The van der Waals surface area contributed by atoms with E-state index < -0.39 is 0 Å². The van der Waals surface area contributed by atoms with Crippen LogP contribution in [0.25, 0.3) is 5.69 Å². The van der Waals surface area contributed by atoms with E-state index in [2.05, 4.69) is 10.4 Å². The number of benzene rings is 1. The van der Waals surface area contributed by atoms with Crippen LogP contribution in [0.1, 0.15) is 13.3 Å². The minimum Gasteiger partial charge on any atom is -0.324 e. The Morgan fingerprint density at radius 3 is 2.94 bits per heavy atom. The molecular weight excluding hydrogens is 238 g/mol. The Morgan fingerprint density at radius 1 is 1.47 bits per heavy atom. The summed E-state index contributed by atoms with van der Waals surface area (Å²) >= 11 is 6.14. The molecule has 0 radical (unpaired) electrons. The molecule has 88 valence electrons. The van der Waals surface area contributed by atoms with Crippen molar-refractivity contribution in [1.82, 2.24) is 9.78 Å². The van der Waals surface area contributed by atoms with Crippen LogP contribution in [0, 0.1) is 0 Å². The third kappa shape index (κ3) is 2.47. The fourth-order valence-corrected chi connectivity index (χ4v) is 1.75. The summed E-state index contributed by atoms with van der Waals surface area (Å²) in [5.74, 6) is -0.0549. The SMILES string of the molecule is CCC(=O)Nc1cccc(Cl)c1-n1cccn1. The summed E-state index contributed by atoms with van der Waals surface area (Å²) in [5.41, 5.74) is 1.34. The summed E-state index contributed by atoms with van der Waals surface area (Å²) in [6, 6.07) is 7.16. The number of carbonyl (C=O) groups excluding carboxylic acids is 1. The van der Waals surface area contributed by atoms with Gasteiger partial charge in [-0.15, -0.1) is 0 Å². The highest BCUT2D eigenvalue weighted by Crippen LogP contribution is 2.27. The molecule has 1 amide bonds. The van der Waals surface area contributed by atoms with Gasteiger partial charge in [0.2, 0.25) is 5.91 Å². The number of amides is 1. The first-order valence-corrected chi connectivity index (χ1v) is 5.68. The predicted molar refractivity (Wildman–Crippen MR) is 67.5 cm³/mol. The Labute approximate surface area is 104 Å². The van der Waals surface area contributed by atoms with Crippen LogP contribution >= 0.6 is 11.6 Å². The highest BCUT2D eigenvalue weighted by molar-refractivity contribution is 6.33. The fourth-order valence-electron chi connectivity index (χ4n) is 1.49. The van der Waals surface area contributed by atoms with Crippen LogP contribution in [0.4, 0.5) is 5.69 Å². The van der Waals surface area contributed by atoms with Crippen LogP contribution in [0.3, 0.4) is 0 Å². The van der Waals surface area contributed by atoms with Gasteiger partial charge in [-0.1, -0.05) is 24.6 Å². The van der Waals surface area contributed by atoms with E-state index in [1.165, 1.54) is 0 Å². The Morgan fingerprint density at radius 2 is 2.29 bits per heavy atom. The third-order valence-electron chi connectivity index (χ3n) is 2.32. The average molecular weight is 250 g/mol. The van der Waals surface area contributed by atoms with Gasteiger partial charge in [0.1, 0.15) is 5.69 Å². The molecule has 0 bridgehead atoms. The fraction of sp³-hybridized carbons (Fsp3) is 0.167. The first-order valence-electron chi connectivity index (χ1n) is 5.30. The number of hydrogen-bond acceptors (Lipinski definition) is 2. The lowest BCUT2D eigenvalue weighted by Crippen LogP contribution is -2.12. The normalized spacial score (nSPS) is 10.2. The second kappa shape index (κ2) is 5.01. The Bertz CT molecular complexity index is 523. The van der Waals surface area contributed by atoms with E-state index in [0.717, 1.165) is 0 Å². The van der Waals surface area contributed by atoms with Gasteiger partial charge in [0.05, 0.1) is 10.7 Å². The molecule has 0 atom stereocenters. The van der Waals surface area contributed by atoms with Gasteiger partial charge in [0, 0.05) is 18.8 Å². The van der Waals surface area contributed by atoms with Crippen molar-refractivity contribution in [2.45, 2.75) is 13.3 Å². The van der Waals surface area contributed by atoms with E-state index in [1.54, 1.807) is 48.3 Å². The van der Waals surface area contributed by atoms with Crippen molar-refractivity contribution < 1.29 is 4.79 Å². The lowest BCUT2D eigenvalue weighted by Gasteiger charge is -2.12. The molecule has 1 aromatic carbocycles. The van der Waals surface area contributed by atoms with E-state index in [0.29, 0.717) is 22.8 Å². The minimum absolute atomic E-state index is 0.0549. The average Bonchev–Trinajstić information content (AvgIpc) is 2.82. The molecule has 0 fully saturated rings. The van der Waals surface area contributed by atoms with Crippen LogP contribution in [0.5, 0.6) is 0 Å². The van der Waals surface area contributed by atoms with Gasteiger partial charge >= 0.3 is 0 Å². The van der Waals surface area contributed by atoms with Gasteiger partial charge < -0.3 is 5.32 Å². The van der Waals surface area contributed by atoms with Crippen molar-refractivity contribution in [3.63, 3.8) is 0 Å². The maximum atomic E-state index is 11.4. The molecule has 0 saturated carbocycles. The van der Waals surface area contributed by atoms with Gasteiger partial charge in [0.25, 0.3) is 0 Å². The molecule has 0 unspecified atom stereocenters. The molecule has 1 heterocycles. The summed E-state index contributed by atoms with van der Waals surface area (Å²) in [4.78, 5) is 11.4. The number of carbonyl (C=O) groups is 1. The first kappa shape index (κ1) is 11.7. The molecule has 0 saturated heterocycles. The third-order valence-corrected chi connectivity index (χ3v) is 2.62. The van der Waals surface area contributed by atoms with E-state index in [-0.39, 0.29) is 5.91 Å². The standard InChI is InChI=1S/C12H12ClN3O/c1-2-11(17)15-10-6-3-5-9(13)12(10)16-8-4-7-14-16/h3-8H,2H2,1H3,(H,15,17). The molecule has 0 aliphatic heterocycles. The van der Waals surface area contributed by atoms with Crippen LogP contribution in [-0.4, -0.2) is 15.7 Å². The van der Waals surface area contributed by atoms with Gasteiger partial charge in [-0.2, -0.15) is 5.10 Å². The van der Waals surface area contributed by atoms with Crippen LogP contribution in [-0.2, 0) is 4.79 Å². The van der Waals surface area contributed by atoms with E-state index in [1.807, 2.05) is 0 Å². The number of hydrogen-bond donors (Lipinski definition) is 1. The van der Waals surface area contributed by atoms with Crippen molar-refractivity contribution in [3.05, 3.63) is 41.7 Å². The summed E-state index contributed by atoms with van der Waals surface area (Å²) in [6.45, 7) is 1.80. The summed E-state index contributed by atoms with van der Waals surface area (Å²) in [6.07, 6.45) is 3.86. The van der Waals surface area contributed by atoms with Gasteiger partial charge in [-0.3, -0.25) is 4.79 Å². The Balaban J connectivity index is 2.45. The molecule has 0 spiro atoms. The number of aromatic nitrogens is 2. The second-order valence-electron chi connectivity index (χ2n) is 3.49. The molecule has 17 heavy (non-hydrogen) atoms. The Kier molecular flexibility index (Phi) is 3.44.